The van der Waals surface area contributed by atoms with Crippen molar-refractivity contribution in [2.75, 3.05) is 11.9 Å². The maximum atomic E-state index is 10.5. The zero-order valence-corrected chi connectivity index (χ0v) is 10.5. The SMILES string of the molecule is Cc1cnc(NCCc2ccc([N+](=O)[O-])cc2)nc1. The van der Waals surface area contributed by atoms with Gasteiger partial charge in [0, 0.05) is 31.1 Å². The van der Waals surface area contributed by atoms with Crippen molar-refractivity contribution < 1.29 is 4.92 Å². The van der Waals surface area contributed by atoms with Crippen LogP contribution in [0.1, 0.15) is 11.1 Å². The van der Waals surface area contributed by atoms with Gasteiger partial charge in [-0.15, -0.1) is 0 Å². The Morgan fingerprint density at radius 3 is 2.42 bits per heavy atom. The Morgan fingerprint density at radius 2 is 1.84 bits per heavy atom. The lowest BCUT2D eigenvalue weighted by molar-refractivity contribution is -0.384. The van der Waals surface area contributed by atoms with Gasteiger partial charge in [-0.1, -0.05) is 12.1 Å². The van der Waals surface area contributed by atoms with Crippen LogP contribution >= 0.6 is 0 Å². The quantitative estimate of drug-likeness (QED) is 0.657. The summed E-state index contributed by atoms with van der Waals surface area (Å²) < 4.78 is 0. The molecular weight excluding hydrogens is 244 g/mol. The Balaban J connectivity index is 1.85. The fraction of sp³-hybridized carbons (Fsp3) is 0.231. The Labute approximate surface area is 110 Å². The molecule has 6 nitrogen and oxygen atoms in total. The van der Waals surface area contributed by atoms with E-state index in [0.29, 0.717) is 12.5 Å². The molecule has 0 aliphatic heterocycles. The van der Waals surface area contributed by atoms with Gasteiger partial charge >= 0.3 is 0 Å². The summed E-state index contributed by atoms with van der Waals surface area (Å²) in [6.07, 6.45) is 4.26. The highest BCUT2D eigenvalue weighted by Crippen LogP contribution is 2.12. The van der Waals surface area contributed by atoms with Crippen LogP contribution in [0.15, 0.2) is 36.7 Å². The van der Waals surface area contributed by atoms with Gasteiger partial charge in [0.05, 0.1) is 4.92 Å². The van der Waals surface area contributed by atoms with Crippen LogP contribution in [-0.2, 0) is 6.42 Å². The lowest BCUT2D eigenvalue weighted by Crippen LogP contribution is -2.07. The van der Waals surface area contributed by atoms with Gasteiger partial charge in [0.25, 0.3) is 5.69 Å². The lowest BCUT2D eigenvalue weighted by atomic mass is 10.1. The number of non-ortho nitro benzene ring substituents is 1. The Kier molecular flexibility index (Phi) is 4.02. The molecule has 0 fully saturated rings. The molecule has 0 atom stereocenters. The minimum absolute atomic E-state index is 0.110. The van der Waals surface area contributed by atoms with Crippen LogP contribution in [-0.4, -0.2) is 21.4 Å². The second kappa shape index (κ2) is 5.90. The first kappa shape index (κ1) is 12.9. The molecule has 2 rings (SSSR count). The van der Waals surface area contributed by atoms with E-state index in [1.807, 2.05) is 6.92 Å². The summed E-state index contributed by atoms with van der Waals surface area (Å²) in [6.45, 7) is 2.61. The zero-order valence-electron chi connectivity index (χ0n) is 10.5. The van der Waals surface area contributed by atoms with Gasteiger partial charge in [0.1, 0.15) is 0 Å². The van der Waals surface area contributed by atoms with E-state index in [1.54, 1.807) is 24.5 Å². The van der Waals surface area contributed by atoms with Crippen molar-refractivity contribution in [3.63, 3.8) is 0 Å². The molecule has 19 heavy (non-hydrogen) atoms. The number of nitrogens with zero attached hydrogens (tertiary/aromatic N) is 3. The Hall–Kier alpha value is -2.50. The molecule has 6 heteroatoms. The molecule has 0 saturated carbocycles. The number of nitro groups is 1. The van der Waals surface area contributed by atoms with E-state index in [-0.39, 0.29) is 5.69 Å². The van der Waals surface area contributed by atoms with Crippen molar-refractivity contribution in [2.45, 2.75) is 13.3 Å². The highest BCUT2D eigenvalue weighted by atomic mass is 16.6. The molecule has 0 amide bonds. The van der Waals surface area contributed by atoms with E-state index in [2.05, 4.69) is 15.3 Å². The maximum absolute atomic E-state index is 10.5. The molecular formula is C13H14N4O2. The smallest absolute Gasteiger partial charge is 0.269 e. The minimum atomic E-state index is -0.401. The summed E-state index contributed by atoms with van der Waals surface area (Å²) in [5, 5.41) is 13.6. The topological polar surface area (TPSA) is 81.0 Å². The van der Waals surface area contributed by atoms with Crippen molar-refractivity contribution >= 4 is 11.6 Å². The number of benzene rings is 1. The summed E-state index contributed by atoms with van der Waals surface area (Å²) in [5.74, 6) is 0.590. The van der Waals surface area contributed by atoms with E-state index in [0.717, 1.165) is 17.5 Å². The van der Waals surface area contributed by atoms with E-state index < -0.39 is 4.92 Å². The third kappa shape index (κ3) is 3.74. The second-order valence-corrected chi connectivity index (χ2v) is 4.18. The van der Waals surface area contributed by atoms with Crippen molar-refractivity contribution in [3.05, 3.63) is 57.9 Å². The number of hydrogen-bond donors (Lipinski definition) is 1. The van der Waals surface area contributed by atoms with Gasteiger partial charge in [-0.2, -0.15) is 0 Å². The van der Waals surface area contributed by atoms with Crippen LogP contribution in [0.2, 0.25) is 0 Å². The van der Waals surface area contributed by atoms with Gasteiger partial charge < -0.3 is 5.32 Å². The van der Waals surface area contributed by atoms with Crippen molar-refractivity contribution in [2.24, 2.45) is 0 Å². The van der Waals surface area contributed by atoms with Gasteiger partial charge in [-0.3, -0.25) is 10.1 Å². The number of aryl methyl sites for hydroxylation is 1. The van der Waals surface area contributed by atoms with Crippen molar-refractivity contribution in [1.82, 2.24) is 9.97 Å². The van der Waals surface area contributed by atoms with Gasteiger partial charge in [0.2, 0.25) is 5.95 Å². The molecule has 0 saturated heterocycles. The maximum Gasteiger partial charge on any atom is 0.269 e. The molecule has 1 heterocycles. The van der Waals surface area contributed by atoms with Gasteiger partial charge in [-0.05, 0) is 24.5 Å². The van der Waals surface area contributed by atoms with E-state index in [4.69, 9.17) is 0 Å². The summed E-state index contributed by atoms with van der Waals surface area (Å²) in [5.41, 5.74) is 2.16. The number of nitrogens with one attached hydrogen (secondary N) is 1. The largest absolute Gasteiger partial charge is 0.354 e. The second-order valence-electron chi connectivity index (χ2n) is 4.18. The molecule has 0 bridgehead atoms. The average Bonchev–Trinajstić information content (AvgIpc) is 2.41. The summed E-state index contributed by atoms with van der Waals surface area (Å²) in [7, 11) is 0. The standard InChI is InChI=1S/C13H14N4O2/c1-10-8-15-13(16-9-10)14-7-6-11-2-4-12(5-3-11)17(18)19/h2-5,8-9H,6-7H2,1H3,(H,14,15,16). The molecule has 98 valence electrons. The van der Waals surface area contributed by atoms with E-state index in [9.17, 15) is 10.1 Å². The van der Waals surface area contributed by atoms with Crippen LogP contribution < -0.4 is 5.32 Å². The van der Waals surface area contributed by atoms with Crippen LogP contribution in [0.3, 0.4) is 0 Å². The van der Waals surface area contributed by atoms with Crippen molar-refractivity contribution in [1.29, 1.82) is 0 Å². The first-order chi connectivity index (χ1) is 9.15. The third-order valence-corrected chi connectivity index (χ3v) is 2.62. The summed E-state index contributed by atoms with van der Waals surface area (Å²) in [4.78, 5) is 18.4. The molecule has 0 spiro atoms. The molecule has 1 aromatic heterocycles. The lowest BCUT2D eigenvalue weighted by Gasteiger charge is -2.04. The highest BCUT2D eigenvalue weighted by Gasteiger charge is 2.03. The molecule has 0 aliphatic rings. The fourth-order valence-corrected chi connectivity index (χ4v) is 1.59. The Bertz CT molecular complexity index is 552. The monoisotopic (exact) mass is 258 g/mol. The van der Waals surface area contributed by atoms with Crippen LogP contribution in [0.5, 0.6) is 0 Å². The first-order valence-corrected chi connectivity index (χ1v) is 5.91. The fourth-order valence-electron chi connectivity index (χ4n) is 1.59. The summed E-state index contributed by atoms with van der Waals surface area (Å²) in [6, 6.07) is 6.54. The molecule has 0 radical (unpaired) electrons. The Morgan fingerprint density at radius 1 is 1.21 bits per heavy atom. The normalized spacial score (nSPS) is 10.2. The molecule has 2 aromatic rings. The number of rotatable bonds is 5. The first-order valence-electron chi connectivity index (χ1n) is 5.91. The minimum Gasteiger partial charge on any atom is -0.354 e. The predicted octanol–water partition coefficient (Wildman–Crippen LogP) is 2.35. The van der Waals surface area contributed by atoms with E-state index in [1.165, 1.54) is 12.1 Å². The average molecular weight is 258 g/mol. The summed E-state index contributed by atoms with van der Waals surface area (Å²) >= 11 is 0. The number of aromatic nitrogens is 2. The molecule has 0 unspecified atom stereocenters. The van der Waals surface area contributed by atoms with Gasteiger partial charge in [0.15, 0.2) is 0 Å². The van der Waals surface area contributed by atoms with E-state index >= 15 is 0 Å². The molecule has 0 aliphatic carbocycles. The molecule has 1 N–H and O–H groups in total. The third-order valence-electron chi connectivity index (χ3n) is 2.62. The van der Waals surface area contributed by atoms with Crippen LogP contribution in [0, 0.1) is 17.0 Å². The predicted molar refractivity (Wildman–Crippen MR) is 72.1 cm³/mol. The number of nitro benzene ring substituents is 1. The zero-order chi connectivity index (χ0) is 13.7. The van der Waals surface area contributed by atoms with Crippen molar-refractivity contribution in [3.8, 4) is 0 Å². The highest BCUT2D eigenvalue weighted by molar-refractivity contribution is 5.33. The molecule has 1 aromatic carbocycles. The van der Waals surface area contributed by atoms with Gasteiger partial charge in [-0.25, -0.2) is 9.97 Å². The number of hydrogen-bond acceptors (Lipinski definition) is 5. The number of anilines is 1. The van der Waals surface area contributed by atoms with Crippen LogP contribution in [0.25, 0.3) is 0 Å². The van der Waals surface area contributed by atoms with Crippen LogP contribution in [0.4, 0.5) is 11.6 Å².